The standard InChI is InChI=1S/C8H10N6O/c1-6(15)7-3-14(12-10-7)4-8-11-9-5-13(8)2/h3,5H,4H2,1-2H3. The van der Waals surface area contributed by atoms with Crippen molar-refractivity contribution < 1.29 is 4.79 Å². The van der Waals surface area contributed by atoms with Gasteiger partial charge in [0.2, 0.25) is 0 Å². The Balaban J connectivity index is 2.18. The second-order valence-electron chi connectivity index (χ2n) is 3.22. The van der Waals surface area contributed by atoms with Crippen molar-refractivity contribution in [3.8, 4) is 0 Å². The topological polar surface area (TPSA) is 78.5 Å². The fourth-order valence-electron chi connectivity index (χ4n) is 1.13. The highest BCUT2D eigenvalue weighted by Gasteiger charge is 2.07. The Bertz CT molecular complexity index is 485. The zero-order chi connectivity index (χ0) is 10.8. The van der Waals surface area contributed by atoms with Gasteiger partial charge in [0, 0.05) is 14.0 Å². The minimum atomic E-state index is -0.0979. The highest BCUT2D eigenvalue weighted by atomic mass is 16.1. The molecule has 0 N–H and O–H groups in total. The molecule has 15 heavy (non-hydrogen) atoms. The average Bonchev–Trinajstić information content (AvgIpc) is 2.77. The molecule has 0 aliphatic rings. The first-order valence-corrected chi connectivity index (χ1v) is 4.41. The monoisotopic (exact) mass is 206 g/mol. The first kappa shape index (κ1) is 9.50. The predicted molar refractivity (Wildman–Crippen MR) is 50.1 cm³/mol. The van der Waals surface area contributed by atoms with Crippen LogP contribution >= 0.6 is 0 Å². The lowest BCUT2D eigenvalue weighted by molar-refractivity contribution is 0.101. The van der Waals surface area contributed by atoms with Crippen LogP contribution in [0.4, 0.5) is 0 Å². The van der Waals surface area contributed by atoms with E-state index in [-0.39, 0.29) is 5.78 Å². The summed E-state index contributed by atoms with van der Waals surface area (Å²) in [4.78, 5) is 11.0. The van der Waals surface area contributed by atoms with Crippen LogP contribution in [0.1, 0.15) is 23.2 Å². The lowest BCUT2D eigenvalue weighted by Gasteiger charge is -1.98. The van der Waals surface area contributed by atoms with E-state index in [2.05, 4.69) is 20.5 Å². The van der Waals surface area contributed by atoms with Crippen LogP contribution in [0, 0.1) is 0 Å². The molecule has 2 aromatic rings. The van der Waals surface area contributed by atoms with Gasteiger partial charge in [-0.2, -0.15) is 0 Å². The van der Waals surface area contributed by atoms with E-state index >= 15 is 0 Å². The van der Waals surface area contributed by atoms with Gasteiger partial charge in [-0.05, 0) is 0 Å². The Morgan fingerprint density at radius 3 is 2.80 bits per heavy atom. The number of aryl methyl sites for hydroxylation is 1. The number of carbonyl (C=O) groups is 1. The second kappa shape index (κ2) is 3.60. The van der Waals surface area contributed by atoms with E-state index in [1.54, 1.807) is 21.8 Å². The Morgan fingerprint density at radius 2 is 2.27 bits per heavy atom. The smallest absolute Gasteiger partial charge is 0.181 e. The lowest BCUT2D eigenvalue weighted by Crippen LogP contribution is -2.06. The maximum atomic E-state index is 11.0. The van der Waals surface area contributed by atoms with Crippen molar-refractivity contribution in [2.75, 3.05) is 0 Å². The van der Waals surface area contributed by atoms with Crippen molar-refractivity contribution in [3.05, 3.63) is 24.0 Å². The number of carbonyl (C=O) groups excluding carboxylic acids is 1. The highest BCUT2D eigenvalue weighted by Crippen LogP contribution is 1.98. The van der Waals surface area contributed by atoms with Gasteiger partial charge in [0.15, 0.2) is 11.6 Å². The molecule has 0 radical (unpaired) electrons. The van der Waals surface area contributed by atoms with Crippen molar-refractivity contribution in [3.63, 3.8) is 0 Å². The Kier molecular flexibility index (Phi) is 2.28. The predicted octanol–water partition coefficient (Wildman–Crippen LogP) is -0.343. The number of aromatic nitrogens is 6. The van der Waals surface area contributed by atoms with Crippen LogP contribution in [0.3, 0.4) is 0 Å². The van der Waals surface area contributed by atoms with Crippen LogP contribution in [0.15, 0.2) is 12.5 Å². The molecule has 2 aromatic heterocycles. The number of Topliss-reactive ketones (excluding diaryl/α,β-unsaturated/α-hetero) is 1. The van der Waals surface area contributed by atoms with Gasteiger partial charge < -0.3 is 4.57 Å². The summed E-state index contributed by atoms with van der Waals surface area (Å²) in [5.41, 5.74) is 0.358. The highest BCUT2D eigenvalue weighted by molar-refractivity contribution is 5.91. The molecule has 0 aromatic carbocycles. The molecule has 0 aliphatic heterocycles. The van der Waals surface area contributed by atoms with E-state index in [4.69, 9.17) is 0 Å². The van der Waals surface area contributed by atoms with Gasteiger partial charge in [-0.3, -0.25) is 4.79 Å². The molecule has 2 rings (SSSR count). The van der Waals surface area contributed by atoms with Gasteiger partial charge in [0.1, 0.15) is 18.6 Å². The van der Waals surface area contributed by atoms with E-state index in [0.717, 1.165) is 5.82 Å². The Labute approximate surface area is 85.7 Å². The average molecular weight is 206 g/mol. The quantitative estimate of drug-likeness (QED) is 0.642. The molecule has 0 spiro atoms. The number of ketones is 1. The Morgan fingerprint density at radius 1 is 1.47 bits per heavy atom. The molecular weight excluding hydrogens is 196 g/mol. The molecule has 78 valence electrons. The fraction of sp³-hybridized carbons (Fsp3) is 0.375. The van der Waals surface area contributed by atoms with E-state index in [0.29, 0.717) is 12.2 Å². The summed E-state index contributed by atoms with van der Waals surface area (Å²) in [5.74, 6) is 0.661. The second-order valence-corrected chi connectivity index (χ2v) is 3.22. The number of hydrogen-bond acceptors (Lipinski definition) is 5. The van der Waals surface area contributed by atoms with E-state index in [1.807, 2.05) is 7.05 Å². The van der Waals surface area contributed by atoms with Gasteiger partial charge in [-0.15, -0.1) is 15.3 Å². The van der Waals surface area contributed by atoms with E-state index < -0.39 is 0 Å². The maximum Gasteiger partial charge on any atom is 0.181 e. The molecule has 0 aliphatic carbocycles. The molecule has 7 nitrogen and oxygen atoms in total. The van der Waals surface area contributed by atoms with Crippen molar-refractivity contribution in [1.29, 1.82) is 0 Å². The zero-order valence-electron chi connectivity index (χ0n) is 8.45. The molecule has 2 heterocycles. The zero-order valence-corrected chi connectivity index (χ0v) is 8.45. The van der Waals surface area contributed by atoms with Gasteiger partial charge in [0.05, 0.1) is 6.20 Å². The minimum Gasteiger partial charge on any atom is -0.319 e. The summed E-state index contributed by atoms with van der Waals surface area (Å²) in [6.45, 7) is 1.91. The molecule has 0 saturated heterocycles. The van der Waals surface area contributed by atoms with Crippen LogP contribution < -0.4 is 0 Å². The third-order valence-corrected chi connectivity index (χ3v) is 2.01. The SMILES string of the molecule is CC(=O)c1cn(Cc2nncn2C)nn1. The van der Waals surface area contributed by atoms with Gasteiger partial charge in [0.25, 0.3) is 0 Å². The van der Waals surface area contributed by atoms with Crippen molar-refractivity contribution in [1.82, 2.24) is 29.8 Å². The molecule has 0 bridgehead atoms. The van der Waals surface area contributed by atoms with Crippen LogP contribution in [-0.2, 0) is 13.6 Å². The first-order chi connectivity index (χ1) is 7.16. The molecular formula is C8H10N6O. The molecule has 0 atom stereocenters. The summed E-state index contributed by atoms with van der Waals surface area (Å²) in [6, 6.07) is 0. The van der Waals surface area contributed by atoms with Crippen LogP contribution in [-0.4, -0.2) is 35.5 Å². The van der Waals surface area contributed by atoms with Crippen molar-refractivity contribution in [2.24, 2.45) is 7.05 Å². The summed E-state index contributed by atoms with van der Waals surface area (Å²) < 4.78 is 3.34. The summed E-state index contributed by atoms with van der Waals surface area (Å²) in [6.07, 6.45) is 3.20. The van der Waals surface area contributed by atoms with Gasteiger partial charge >= 0.3 is 0 Å². The van der Waals surface area contributed by atoms with Crippen molar-refractivity contribution in [2.45, 2.75) is 13.5 Å². The molecule has 0 fully saturated rings. The Hall–Kier alpha value is -2.05. The molecule has 7 heteroatoms. The van der Waals surface area contributed by atoms with Gasteiger partial charge in [-0.25, -0.2) is 4.68 Å². The molecule has 0 amide bonds. The van der Waals surface area contributed by atoms with Crippen LogP contribution in [0.25, 0.3) is 0 Å². The third kappa shape index (κ3) is 1.90. The largest absolute Gasteiger partial charge is 0.319 e. The molecule has 0 saturated carbocycles. The lowest BCUT2D eigenvalue weighted by atomic mass is 10.3. The third-order valence-electron chi connectivity index (χ3n) is 2.01. The minimum absolute atomic E-state index is 0.0979. The normalized spacial score (nSPS) is 10.5. The first-order valence-electron chi connectivity index (χ1n) is 4.41. The summed E-state index contributed by atoms with van der Waals surface area (Å²) >= 11 is 0. The number of nitrogens with zero attached hydrogens (tertiary/aromatic N) is 6. The van der Waals surface area contributed by atoms with Gasteiger partial charge in [-0.1, -0.05) is 5.21 Å². The van der Waals surface area contributed by atoms with Crippen molar-refractivity contribution >= 4 is 5.78 Å². The van der Waals surface area contributed by atoms with E-state index in [1.165, 1.54) is 6.92 Å². The number of hydrogen-bond donors (Lipinski definition) is 0. The number of rotatable bonds is 3. The van der Waals surface area contributed by atoms with Crippen LogP contribution in [0.5, 0.6) is 0 Å². The molecule has 0 unspecified atom stereocenters. The summed E-state index contributed by atoms with van der Waals surface area (Å²) in [5, 5.41) is 15.2. The fourth-order valence-corrected chi connectivity index (χ4v) is 1.13. The maximum absolute atomic E-state index is 11.0. The summed E-state index contributed by atoms with van der Waals surface area (Å²) in [7, 11) is 1.85. The van der Waals surface area contributed by atoms with E-state index in [9.17, 15) is 4.79 Å². The van der Waals surface area contributed by atoms with Crippen LogP contribution in [0.2, 0.25) is 0 Å².